The lowest BCUT2D eigenvalue weighted by molar-refractivity contribution is -0.166. The van der Waals surface area contributed by atoms with E-state index in [1.54, 1.807) is 52.1 Å². The molecule has 1 aromatic carbocycles. The number of hydrogen-bond donors (Lipinski definition) is 2. The van der Waals surface area contributed by atoms with Crippen LogP contribution >= 0.6 is 0 Å². The van der Waals surface area contributed by atoms with Crippen LogP contribution in [0.1, 0.15) is 32.3 Å². The molecule has 4 nitrogen and oxygen atoms in total. The van der Waals surface area contributed by atoms with E-state index >= 15 is 0 Å². The van der Waals surface area contributed by atoms with Crippen molar-refractivity contribution in [1.82, 2.24) is 0 Å². The molecule has 0 aliphatic rings. The largest absolute Gasteiger partial charge is 0.497 e. The second kappa shape index (κ2) is 5.40. The van der Waals surface area contributed by atoms with Crippen LogP contribution in [0, 0.1) is 5.92 Å². The van der Waals surface area contributed by atoms with Gasteiger partial charge in [0.1, 0.15) is 5.75 Å². The van der Waals surface area contributed by atoms with Crippen LogP contribution in [-0.4, -0.2) is 28.9 Å². The molecular formula is C14H20O4. The molecule has 18 heavy (non-hydrogen) atoms. The van der Waals surface area contributed by atoms with Gasteiger partial charge in [0, 0.05) is 5.92 Å². The molecule has 0 heterocycles. The third-order valence-electron chi connectivity index (χ3n) is 3.48. The zero-order valence-corrected chi connectivity index (χ0v) is 11.2. The molecule has 0 aliphatic heterocycles. The van der Waals surface area contributed by atoms with Crippen LogP contribution < -0.4 is 4.74 Å². The van der Waals surface area contributed by atoms with Crippen molar-refractivity contribution < 1.29 is 19.7 Å². The highest BCUT2D eigenvalue weighted by atomic mass is 16.5. The molecule has 0 saturated carbocycles. The van der Waals surface area contributed by atoms with Gasteiger partial charge in [-0.25, -0.2) is 4.79 Å². The van der Waals surface area contributed by atoms with E-state index in [2.05, 4.69) is 0 Å². The molecule has 2 N–H and O–H groups in total. The summed E-state index contributed by atoms with van der Waals surface area (Å²) in [4.78, 5) is 11.4. The van der Waals surface area contributed by atoms with Gasteiger partial charge >= 0.3 is 5.97 Å². The van der Waals surface area contributed by atoms with E-state index < -0.39 is 23.4 Å². The molecule has 0 radical (unpaired) electrons. The Labute approximate surface area is 107 Å². The zero-order chi connectivity index (χ0) is 13.9. The summed E-state index contributed by atoms with van der Waals surface area (Å²) in [6.07, 6.45) is 0. The van der Waals surface area contributed by atoms with E-state index in [4.69, 9.17) is 4.74 Å². The molecule has 0 aliphatic carbocycles. The van der Waals surface area contributed by atoms with Gasteiger partial charge in [0.25, 0.3) is 0 Å². The number of ether oxygens (including phenoxy) is 1. The molecule has 0 aromatic heterocycles. The minimum atomic E-state index is -1.79. The zero-order valence-electron chi connectivity index (χ0n) is 11.2. The van der Waals surface area contributed by atoms with Gasteiger partial charge in [-0.05, 0) is 23.6 Å². The number of benzene rings is 1. The van der Waals surface area contributed by atoms with Crippen LogP contribution in [0.5, 0.6) is 5.75 Å². The van der Waals surface area contributed by atoms with E-state index in [1.807, 2.05) is 0 Å². The molecule has 2 unspecified atom stereocenters. The Morgan fingerprint density at radius 1 is 1.33 bits per heavy atom. The molecule has 2 atom stereocenters. The highest BCUT2D eigenvalue weighted by molar-refractivity contribution is 5.79. The Morgan fingerprint density at radius 3 is 2.39 bits per heavy atom. The number of carboxylic acids is 1. The average molecular weight is 252 g/mol. The standard InChI is InChI=1S/C14H20O4/c1-9(2)14(17,13(15)16)10(3)11-6-5-7-12(8-11)18-4/h5-10,17H,1-4H3,(H,15,16). The smallest absolute Gasteiger partial charge is 0.336 e. The summed E-state index contributed by atoms with van der Waals surface area (Å²) in [7, 11) is 1.55. The summed E-state index contributed by atoms with van der Waals surface area (Å²) < 4.78 is 5.11. The van der Waals surface area contributed by atoms with Crippen LogP contribution in [0.4, 0.5) is 0 Å². The van der Waals surface area contributed by atoms with E-state index in [0.29, 0.717) is 5.75 Å². The van der Waals surface area contributed by atoms with Gasteiger partial charge in [0.2, 0.25) is 0 Å². The lowest BCUT2D eigenvalue weighted by Gasteiger charge is -2.34. The molecule has 0 saturated heterocycles. The number of carbonyl (C=O) groups is 1. The summed E-state index contributed by atoms with van der Waals surface area (Å²) in [6, 6.07) is 7.11. The number of rotatable bonds is 5. The number of carboxylic acid groups (broad SMARTS) is 1. The Balaban J connectivity index is 3.17. The summed E-state index contributed by atoms with van der Waals surface area (Å²) in [6.45, 7) is 5.11. The Hall–Kier alpha value is -1.55. The summed E-state index contributed by atoms with van der Waals surface area (Å²) >= 11 is 0. The molecule has 0 bridgehead atoms. The Morgan fingerprint density at radius 2 is 1.94 bits per heavy atom. The molecule has 0 fully saturated rings. The number of aliphatic carboxylic acids is 1. The maximum atomic E-state index is 11.4. The summed E-state index contributed by atoms with van der Waals surface area (Å²) in [5.74, 6) is -1.47. The lowest BCUT2D eigenvalue weighted by Crippen LogP contribution is -2.48. The Bertz CT molecular complexity index is 428. The predicted octanol–water partition coefficient (Wildman–Crippen LogP) is 2.27. The van der Waals surface area contributed by atoms with Gasteiger partial charge < -0.3 is 14.9 Å². The number of hydrogen-bond acceptors (Lipinski definition) is 3. The van der Waals surface area contributed by atoms with Crippen molar-refractivity contribution in [3.05, 3.63) is 29.8 Å². The van der Waals surface area contributed by atoms with E-state index in [-0.39, 0.29) is 0 Å². The van der Waals surface area contributed by atoms with Crippen molar-refractivity contribution in [2.45, 2.75) is 32.3 Å². The van der Waals surface area contributed by atoms with Crippen LogP contribution in [0.2, 0.25) is 0 Å². The molecule has 1 aromatic rings. The monoisotopic (exact) mass is 252 g/mol. The molecule has 0 amide bonds. The van der Waals surface area contributed by atoms with E-state index in [9.17, 15) is 15.0 Å². The number of methoxy groups -OCH3 is 1. The molecule has 1 rings (SSSR count). The fraction of sp³-hybridized carbons (Fsp3) is 0.500. The van der Waals surface area contributed by atoms with Crippen molar-refractivity contribution in [3.63, 3.8) is 0 Å². The second-order valence-electron chi connectivity index (χ2n) is 4.78. The van der Waals surface area contributed by atoms with Gasteiger partial charge in [-0.2, -0.15) is 0 Å². The first-order valence-corrected chi connectivity index (χ1v) is 5.93. The lowest BCUT2D eigenvalue weighted by atomic mass is 9.76. The van der Waals surface area contributed by atoms with Gasteiger partial charge in [-0.1, -0.05) is 32.9 Å². The highest BCUT2D eigenvalue weighted by Crippen LogP contribution is 2.35. The van der Waals surface area contributed by atoms with Crippen molar-refractivity contribution >= 4 is 5.97 Å². The van der Waals surface area contributed by atoms with Gasteiger partial charge in [-0.3, -0.25) is 0 Å². The quantitative estimate of drug-likeness (QED) is 0.843. The third-order valence-corrected chi connectivity index (χ3v) is 3.48. The second-order valence-corrected chi connectivity index (χ2v) is 4.78. The third kappa shape index (κ3) is 2.48. The van der Waals surface area contributed by atoms with E-state index in [0.717, 1.165) is 5.56 Å². The first kappa shape index (κ1) is 14.5. The molecule has 4 heteroatoms. The first-order chi connectivity index (χ1) is 8.33. The topological polar surface area (TPSA) is 66.8 Å². The Kier molecular flexibility index (Phi) is 4.35. The SMILES string of the molecule is COc1cccc(C(C)C(O)(C(=O)O)C(C)C)c1. The van der Waals surface area contributed by atoms with Crippen LogP contribution in [0.25, 0.3) is 0 Å². The molecular weight excluding hydrogens is 232 g/mol. The van der Waals surface area contributed by atoms with Crippen LogP contribution in [0.15, 0.2) is 24.3 Å². The summed E-state index contributed by atoms with van der Waals surface area (Å²) in [5.41, 5.74) is -1.04. The fourth-order valence-electron chi connectivity index (χ4n) is 2.10. The van der Waals surface area contributed by atoms with Crippen molar-refractivity contribution in [1.29, 1.82) is 0 Å². The minimum Gasteiger partial charge on any atom is -0.497 e. The van der Waals surface area contributed by atoms with Gasteiger partial charge in [0.15, 0.2) is 5.60 Å². The molecule has 100 valence electrons. The van der Waals surface area contributed by atoms with Gasteiger partial charge in [-0.15, -0.1) is 0 Å². The van der Waals surface area contributed by atoms with Crippen molar-refractivity contribution in [2.75, 3.05) is 7.11 Å². The molecule has 0 spiro atoms. The maximum Gasteiger partial charge on any atom is 0.336 e. The normalized spacial score (nSPS) is 16.1. The van der Waals surface area contributed by atoms with Crippen LogP contribution in [-0.2, 0) is 4.79 Å². The number of aliphatic hydroxyl groups is 1. The average Bonchev–Trinajstić information content (AvgIpc) is 2.36. The van der Waals surface area contributed by atoms with Crippen molar-refractivity contribution in [3.8, 4) is 5.75 Å². The first-order valence-electron chi connectivity index (χ1n) is 5.93. The highest BCUT2D eigenvalue weighted by Gasteiger charge is 2.45. The predicted molar refractivity (Wildman–Crippen MR) is 68.8 cm³/mol. The summed E-state index contributed by atoms with van der Waals surface area (Å²) in [5, 5.41) is 19.7. The van der Waals surface area contributed by atoms with Crippen molar-refractivity contribution in [2.24, 2.45) is 5.92 Å². The van der Waals surface area contributed by atoms with Crippen LogP contribution in [0.3, 0.4) is 0 Å². The minimum absolute atomic E-state index is 0.392. The fourth-order valence-corrected chi connectivity index (χ4v) is 2.10. The van der Waals surface area contributed by atoms with Gasteiger partial charge in [0.05, 0.1) is 7.11 Å². The maximum absolute atomic E-state index is 11.4. The van der Waals surface area contributed by atoms with E-state index in [1.165, 1.54) is 0 Å².